The Morgan fingerprint density at radius 3 is 2.16 bits per heavy atom. The van der Waals surface area contributed by atoms with Crippen LogP contribution in [0.2, 0.25) is 5.02 Å². The molecule has 0 fully saturated rings. The first-order valence-electron chi connectivity index (χ1n) is 5.73. The zero-order valence-electron chi connectivity index (χ0n) is 10.9. The predicted molar refractivity (Wildman–Crippen MR) is 69.0 cm³/mol. The van der Waals surface area contributed by atoms with Crippen molar-refractivity contribution in [3.63, 3.8) is 0 Å². The molecule has 0 aliphatic heterocycles. The van der Waals surface area contributed by atoms with Gasteiger partial charge in [-0.3, -0.25) is 4.79 Å². The monoisotopic (exact) mass is 286 g/mol. The van der Waals surface area contributed by atoms with Gasteiger partial charge in [-0.2, -0.15) is 0 Å². The predicted octanol–water partition coefficient (Wildman–Crippen LogP) is 3.40. The van der Waals surface area contributed by atoms with Crippen molar-refractivity contribution in [2.75, 3.05) is 0 Å². The lowest BCUT2D eigenvalue weighted by Crippen LogP contribution is -2.25. The molecule has 0 heterocycles. The highest BCUT2D eigenvalue weighted by atomic mass is 35.5. The van der Waals surface area contributed by atoms with Gasteiger partial charge < -0.3 is 14.2 Å². The number of carbonyl (C=O) groups excluding carboxylic acids is 2. The summed E-state index contributed by atoms with van der Waals surface area (Å²) in [7, 11) is 0. The summed E-state index contributed by atoms with van der Waals surface area (Å²) in [5, 5.41) is 0.528. The summed E-state index contributed by atoms with van der Waals surface area (Å²) in [6, 6.07) is 6.20. The van der Waals surface area contributed by atoms with Gasteiger partial charge in [-0.05, 0) is 24.3 Å². The molecule has 0 spiro atoms. The molecule has 0 aliphatic carbocycles. The molecule has 6 heteroatoms. The largest absolute Gasteiger partial charge is 0.516 e. The van der Waals surface area contributed by atoms with E-state index in [1.807, 2.05) is 0 Å². The van der Waals surface area contributed by atoms with Crippen molar-refractivity contribution in [2.45, 2.75) is 27.1 Å². The van der Waals surface area contributed by atoms with E-state index in [0.717, 1.165) is 0 Å². The first kappa shape index (κ1) is 15.3. The summed E-state index contributed by atoms with van der Waals surface area (Å²) in [4.78, 5) is 22.7. The molecule has 1 rings (SSSR count). The van der Waals surface area contributed by atoms with Gasteiger partial charge in [0.1, 0.15) is 5.75 Å². The van der Waals surface area contributed by atoms with Gasteiger partial charge in [0, 0.05) is 11.9 Å². The summed E-state index contributed by atoms with van der Waals surface area (Å²) >= 11 is 5.69. The Bertz CT molecular complexity index is 441. The van der Waals surface area contributed by atoms with Crippen LogP contribution in [0.3, 0.4) is 0 Å². The average Bonchev–Trinajstić information content (AvgIpc) is 2.31. The number of hydrogen-bond acceptors (Lipinski definition) is 5. The molecule has 0 saturated carbocycles. The summed E-state index contributed by atoms with van der Waals surface area (Å²) in [6.45, 7) is 4.80. The van der Waals surface area contributed by atoms with Crippen LogP contribution in [0.1, 0.15) is 20.8 Å². The number of rotatable bonds is 4. The molecule has 1 atom stereocenters. The Hall–Kier alpha value is -1.75. The van der Waals surface area contributed by atoms with Gasteiger partial charge in [0.15, 0.2) is 0 Å². The number of ether oxygens (including phenoxy) is 3. The molecule has 0 bridgehead atoms. The average molecular weight is 287 g/mol. The number of hydrogen-bond donors (Lipinski definition) is 0. The van der Waals surface area contributed by atoms with E-state index in [2.05, 4.69) is 0 Å². The normalized spacial score (nSPS) is 11.8. The second-order valence-corrected chi connectivity index (χ2v) is 4.52. The van der Waals surface area contributed by atoms with Crippen LogP contribution >= 0.6 is 11.6 Å². The van der Waals surface area contributed by atoms with Crippen LogP contribution in [0.25, 0.3) is 0 Å². The van der Waals surface area contributed by atoms with Crippen LogP contribution in [0.15, 0.2) is 24.3 Å². The van der Waals surface area contributed by atoms with Gasteiger partial charge in [0.2, 0.25) is 6.29 Å². The summed E-state index contributed by atoms with van der Waals surface area (Å²) in [5.41, 5.74) is 0. The molecule has 1 unspecified atom stereocenters. The minimum atomic E-state index is -1.00. The lowest BCUT2D eigenvalue weighted by molar-refractivity contribution is -0.170. The second-order valence-electron chi connectivity index (χ2n) is 4.08. The van der Waals surface area contributed by atoms with Gasteiger partial charge in [-0.25, -0.2) is 4.79 Å². The highest BCUT2D eigenvalue weighted by Crippen LogP contribution is 2.16. The minimum absolute atomic E-state index is 0.289. The molecule has 0 aliphatic rings. The molecule has 1 aromatic carbocycles. The molecular formula is C13H15ClO5. The standard InChI is InChI=1S/C13H15ClO5/c1-8(2)12(15)17-9(3)18-13(16)19-11-6-4-10(14)5-7-11/h4-9H,1-3H3. The highest BCUT2D eigenvalue weighted by molar-refractivity contribution is 6.30. The minimum Gasteiger partial charge on any atom is -0.425 e. The van der Waals surface area contributed by atoms with Gasteiger partial charge in [0.25, 0.3) is 0 Å². The van der Waals surface area contributed by atoms with Gasteiger partial charge >= 0.3 is 12.1 Å². The van der Waals surface area contributed by atoms with Crippen LogP contribution in [0.5, 0.6) is 5.75 Å². The summed E-state index contributed by atoms with van der Waals surface area (Å²) in [6.07, 6.45) is -1.96. The van der Waals surface area contributed by atoms with Crippen molar-refractivity contribution in [3.05, 3.63) is 29.3 Å². The Kier molecular flexibility index (Phi) is 5.63. The van der Waals surface area contributed by atoms with Crippen LogP contribution < -0.4 is 4.74 Å². The molecule has 0 amide bonds. The topological polar surface area (TPSA) is 61.8 Å². The Morgan fingerprint density at radius 1 is 1.05 bits per heavy atom. The molecular weight excluding hydrogens is 272 g/mol. The van der Waals surface area contributed by atoms with E-state index in [1.54, 1.807) is 26.0 Å². The number of carbonyl (C=O) groups is 2. The van der Waals surface area contributed by atoms with E-state index in [-0.39, 0.29) is 11.7 Å². The van der Waals surface area contributed by atoms with Crippen molar-refractivity contribution in [2.24, 2.45) is 5.92 Å². The Balaban J connectivity index is 2.42. The highest BCUT2D eigenvalue weighted by Gasteiger charge is 2.17. The third-order valence-electron chi connectivity index (χ3n) is 2.03. The van der Waals surface area contributed by atoms with Gasteiger partial charge in [-0.1, -0.05) is 25.4 Å². The molecule has 19 heavy (non-hydrogen) atoms. The van der Waals surface area contributed by atoms with E-state index in [4.69, 9.17) is 25.8 Å². The van der Waals surface area contributed by atoms with Crippen molar-refractivity contribution in [3.8, 4) is 5.75 Å². The molecule has 5 nitrogen and oxygen atoms in total. The first-order chi connectivity index (χ1) is 8.88. The number of esters is 1. The van der Waals surface area contributed by atoms with E-state index in [1.165, 1.54) is 19.1 Å². The lowest BCUT2D eigenvalue weighted by Gasteiger charge is -2.15. The van der Waals surface area contributed by atoms with Crippen LogP contribution in [-0.2, 0) is 14.3 Å². The Labute approximate surface area is 116 Å². The van der Waals surface area contributed by atoms with Crippen LogP contribution in [0, 0.1) is 5.92 Å². The fourth-order valence-corrected chi connectivity index (χ4v) is 1.21. The quantitative estimate of drug-likeness (QED) is 0.482. The summed E-state index contributed by atoms with van der Waals surface area (Å²) in [5.74, 6) is -0.457. The maximum Gasteiger partial charge on any atom is 0.516 e. The molecule has 0 saturated heterocycles. The van der Waals surface area contributed by atoms with Crippen molar-refractivity contribution in [1.29, 1.82) is 0 Å². The zero-order valence-corrected chi connectivity index (χ0v) is 11.6. The lowest BCUT2D eigenvalue weighted by atomic mass is 10.2. The van der Waals surface area contributed by atoms with Crippen molar-refractivity contribution < 1.29 is 23.8 Å². The molecule has 104 valence electrons. The third kappa shape index (κ3) is 5.61. The van der Waals surface area contributed by atoms with E-state index in [9.17, 15) is 9.59 Å². The smallest absolute Gasteiger partial charge is 0.425 e. The van der Waals surface area contributed by atoms with Gasteiger partial charge in [-0.15, -0.1) is 0 Å². The zero-order chi connectivity index (χ0) is 14.4. The van der Waals surface area contributed by atoms with E-state index in [0.29, 0.717) is 5.02 Å². The fraction of sp³-hybridized carbons (Fsp3) is 0.385. The van der Waals surface area contributed by atoms with Crippen LogP contribution in [-0.4, -0.2) is 18.4 Å². The third-order valence-corrected chi connectivity index (χ3v) is 2.28. The fourth-order valence-electron chi connectivity index (χ4n) is 1.08. The SMILES string of the molecule is CC(OC(=O)Oc1ccc(Cl)cc1)OC(=O)C(C)C. The maximum absolute atomic E-state index is 11.4. The van der Waals surface area contributed by atoms with E-state index < -0.39 is 18.4 Å². The van der Waals surface area contributed by atoms with E-state index >= 15 is 0 Å². The van der Waals surface area contributed by atoms with Crippen molar-refractivity contribution >= 4 is 23.7 Å². The first-order valence-corrected chi connectivity index (χ1v) is 6.11. The molecule has 0 radical (unpaired) electrons. The van der Waals surface area contributed by atoms with Crippen molar-refractivity contribution in [1.82, 2.24) is 0 Å². The molecule has 0 N–H and O–H groups in total. The summed E-state index contributed by atoms with van der Waals surface area (Å²) < 4.78 is 14.5. The van der Waals surface area contributed by atoms with Crippen LogP contribution in [0.4, 0.5) is 4.79 Å². The van der Waals surface area contributed by atoms with Gasteiger partial charge in [0.05, 0.1) is 5.92 Å². The number of halogens is 1. The molecule has 0 aromatic heterocycles. The number of benzene rings is 1. The second kappa shape index (κ2) is 6.99. The maximum atomic E-state index is 11.4. The molecule has 1 aromatic rings. The Morgan fingerprint density at radius 2 is 1.63 bits per heavy atom.